The summed E-state index contributed by atoms with van der Waals surface area (Å²) in [6.07, 6.45) is 7.98. The van der Waals surface area contributed by atoms with Crippen molar-refractivity contribution >= 4 is 18.8 Å². The van der Waals surface area contributed by atoms with Crippen molar-refractivity contribution in [1.82, 2.24) is 0 Å². The highest BCUT2D eigenvalue weighted by Crippen LogP contribution is 2.26. The summed E-state index contributed by atoms with van der Waals surface area (Å²) < 4.78 is 10.8. The molecule has 1 aliphatic carbocycles. The number of hydrogen-bond donors (Lipinski definition) is 0. The van der Waals surface area contributed by atoms with Crippen LogP contribution in [-0.2, 0) is 0 Å². The quantitative estimate of drug-likeness (QED) is 0.688. The van der Waals surface area contributed by atoms with E-state index in [1.165, 1.54) is 52.0 Å². The van der Waals surface area contributed by atoms with Crippen molar-refractivity contribution in [2.45, 2.75) is 59.3 Å². The van der Waals surface area contributed by atoms with Crippen LogP contribution in [0, 0.1) is 5.92 Å². The van der Waals surface area contributed by atoms with Gasteiger partial charge in [0.2, 0.25) is 0 Å². The molecule has 0 spiro atoms. The molecule has 1 fully saturated rings. The van der Waals surface area contributed by atoms with Crippen molar-refractivity contribution in [2.75, 3.05) is 14.2 Å². The minimum atomic E-state index is 0.858. The average molecular weight is 322 g/mol. The second-order valence-corrected chi connectivity index (χ2v) is 6.94. The monoisotopic (exact) mass is 322 g/mol. The van der Waals surface area contributed by atoms with Gasteiger partial charge in [0.1, 0.15) is 11.5 Å². The molecule has 1 atom stereocenters. The minimum absolute atomic E-state index is 0.858. The lowest BCUT2D eigenvalue weighted by Crippen LogP contribution is -2.08. The second kappa shape index (κ2) is 10.7. The highest BCUT2D eigenvalue weighted by molar-refractivity contribution is 7.49. The molecule has 1 aromatic carbocycles. The number of rotatable bonds is 3. The lowest BCUT2D eigenvalue weighted by atomic mass is 9.93. The molecule has 3 heteroatoms. The van der Waals surface area contributed by atoms with Gasteiger partial charge in [-0.25, -0.2) is 0 Å². The van der Waals surface area contributed by atoms with Crippen molar-refractivity contribution in [3.63, 3.8) is 0 Å². The van der Waals surface area contributed by atoms with Crippen LogP contribution in [0.1, 0.15) is 59.3 Å². The van der Waals surface area contributed by atoms with Crippen LogP contribution in [0.4, 0.5) is 0 Å². The third-order valence-electron chi connectivity index (χ3n) is 4.00. The summed E-state index contributed by atoms with van der Waals surface area (Å²) in [6.45, 7) is 6.38. The maximum Gasteiger partial charge on any atom is 0.134 e. The Morgan fingerprint density at radius 1 is 1.00 bits per heavy atom. The summed E-state index contributed by atoms with van der Waals surface area (Å²) >= 11 is 0. The first-order chi connectivity index (χ1) is 10.7. The van der Waals surface area contributed by atoms with Gasteiger partial charge in [0, 0.05) is 11.4 Å². The first kappa shape index (κ1) is 19.0. The second-order valence-electron chi connectivity index (χ2n) is 5.61. The SMILES string of the molecule is CC.COc1ccc(P=C2CCCCC(C)CC2)c(OC)c1. The van der Waals surface area contributed by atoms with Gasteiger partial charge < -0.3 is 9.47 Å². The van der Waals surface area contributed by atoms with E-state index in [0.717, 1.165) is 17.4 Å². The summed E-state index contributed by atoms with van der Waals surface area (Å²) in [5.41, 5.74) is 0. The van der Waals surface area contributed by atoms with Gasteiger partial charge in [-0.1, -0.05) is 41.8 Å². The molecule has 0 saturated heterocycles. The number of hydrogen-bond acceptors (Lipinski definition) is 2. The van der Waals surface area contributed by atoms with Gasteiger partial charge in [0.15, 0.2) is 0 Å². The van der Waals surface area contributed by atoms with E-state index in [9.17, 15) is 0 Å². The predicted octanol–water partition coefficient (Wildman–Crippen LogP) is 5.46. The van der Waals surface area contributed by atoms with Gasteiger partial charge in [-0.05, 0) is 49.0 Å². The lowest BCUT2D eigenvalue weighted by Gasteiger charge is -2.17. The molecule has 1 saturated carbocycles. The van der Waals surface area contributed by atoms with Crippen molar-refractivity contribution in [3.8, 4) is 11.5 Å². The molecule has 1 aliphatic rings. The molecule has 0 N–H and O–H groups in total. The molecule has 2 rings (SSSR count). The Morgan fingerprint density at radius 2 is 1.77 bits per heavy atom. The standard InChI is InChI=1S/C17H25O2P.C2H6/c1-13-6-4-5-7-15(10-8-13)20-17-11-9-14(18-2)12-16(17)19-3;1-2/h9,11-13H,4-8,10H2,1-3H3;1-2H3. The van der Waals surface area contributed by atoms with Crippen LogP contribution in [0.3, 0.4) is 0 Å². The fraction of sp³-hybridized carbons (Fsp3) is 0.632. The van der Waals surface area contributed by atoms with Gasteiger partial charge >= 0.3 is 0 Å². The van der Waals surface area contributed by atoms with Crippen LogP contribution in [0.5, 0.6) is 11.5 Å². The van der Waals surface area contributed by atoms with E-state index in [1.807, 2.05) is 26.0 Å². The normalized spacial score (nSPS) is 20.4. The Morgan fingerprint density at radius 3 is 2.45 bits per heavy atom. The Balaban J connectivity index is 0.00000116. The van der Waals surface area contributed by atoms with Crippen molar-refractivity contribution < 1.29 is 9.47 Å². The van der Waals surface area contributed by atoms with Crippen molar-refractivity contribution in [2.24, 2.45) is 5.92 Å². The van der Waals surface area contributed by atoms with Crippen LogP contribution in [0.25, 0.3) is 0 Å². The number of methoxy groups -OCH3 is 2. The third kappa shape index (κ3) is 6.01. The van der Waals surface area contributed by atoms with Gasteiger partial charge in [0.05, 0.1) is 14.2 Å². The maximum atomic E-state index is 5.51. The highest BCUT2D eigenvalue weighted by Gasteiger charge is 2.11. The first-order valence-electron chi connectivity index (χ1n) is 8.51. The van der Waals surface area contributed by atoms with E-state index in [4.69, 9.17) is 9.47 Å². The van der Waals surface area contributed by atoms with E-state index in [2.05, 4.69) is 13.0 Å². The maximum absolute atomic E-state index is 5.51. The Bertz CT molecular complexity index is 469. The topological polar surface area (TPSA) is 18.5 Å². The summed E-state index contributed by atoms with van der Waals surface area (Å²) in [4.78, 5) is 0. The van der Waals surface area contributed by atoms with E-state index < -0.39 is 0 Å². The molecule has 0 aliphatic heterocycles. The van der Waals surface area contributed by atoms with Crippen LogP contribution >= 0.6 is 8.20 Å². The van der Waals surface area contributed by atoms with Crippen molar-refractivity contribution in [1.29, 1.82) is 0 Å². The zero-order chi connectivity index (χ0) is 16.4. The average Bonchev–Trinajstić information content (AvgIpc) is 2.56. The molecule has 0 radical (unpaired) electrons. The molecule has 0 aromatic heterocycles. The molecular weight excluding hydrogens is 291 g/mol. The summed E-state index contributed by atoms with van der Waals surface area (Å²) in [5, 5.41) is 2.91. The first-order valence-corrected chi connectivity index (χ1v) is 9.41. The van der Waals surface area contributed by atoms with E-state index >= 15 is 0 Å². The lowest BCUT2D eigenvalue weighted by molar-refractivity contribution is 0.396. The molecule has 0 bridgehead atoms. The summed E-state index contributed by atoms with van der Waals surface area (Å²) in [7, 11) is 4.76. The fourth-order valence-corrected chi connectivity index (χ4v) is 3.93. The molecule has 124 valence electrons. The predicted molar refractivity (Wildman–Crippen MR) is 99.3 cm³/mol. The minimum Gasteiger partial charge on any atom is -0.497 e. The Kier molecular flexibility index (Phi) is 9.24. The highest BCUT2D eigenvalue weighted by atomic mass is 31.1. The van der Waals surface area contributed by atoms with E-state index in [0.29, 0.717) is 0 Å². The van der Waals surface area contributed by atoms with Crippen molar-refractivity contribution in [3.05, 3.63) is 18.2 Å². The van der Waals surface area contributed by atoms with Gasteiger partial charge in [0.25, 0.3) is 0 Å². The number of ether oxygens (including phenoxy) is 2. The van der Waals surface area contributed by atoms with E-state index in [-0.39, 0.29) is 0 Å². The zero-order valence-corrected chi connectivity index (χ0v) is 15.7. The molecule has 1 aromatic rings. The molecular formula is C19H31O2P. The van der Waals surface area contributed by atoms with E-state index in [1.54, 1.807) is 19.5 Å². The van der Waals surface area contributed by atoms with Crippen LogP contribution in [0.15, 0.2) is 18.2 Å². The molecule has 0 amide bonds. The molecule has 2 nitrogen and oxygen atoms in total. The van der Waals surface area contributed by atoms with Gasteiger partial charge in [-0.15, -0.1) is 0 Å². The number of benzene rings is 1. The largest absolute Gasteiger partial charge is 0.497 e. The van der Waals surface area contributed by atoms with Crippen LogP contribution in [-0.4, -0.2) is 19.5 Å². The molecule has 1 unspecified atom stereocenters. The third-order valence-corrected chi connectivity index (χ3v) is 5.38. The fourth-order valence-electron chi connectivity index (χ4n) is 2.66. The summed E-state index contributed by atoms with van der Waals surface area (Å²) in [6, 6.07) is 6.14. The molecule has 22 heavy (non-hydrogen) atoms. The zero-order valence-electron chi connectivity index (χ0n) is 14.8. The van der Waals surface area contributed by atoms with Gasteiger partial charge in [-0.2, -0.15) is 0 Å². The smallest absolute Gasteiger partial charge is 0.134 e. The molecule has 0 heterocycles. The Hall–Kier alpha value is -1.01. The Labute approximate surface area is 138 Å². The summed E-state index contributed by atoms with van der Waals surface area (Å²) in [5.74, 6) is 2.67. The van der Waals surface area contributed by atoms with Crippen LogP contribution in [0.2, 0.25) is 0 Å². The van der Waals surface area contributed by atoms with Crippen LogP contribution < -0.4 is 14.8 Å². The van der Waals surface area contributed by atoms with Gasteiger partial charge in [-0.3, -0.25) is 0 Å².